The minimum absolute atomic E-state index is 0.176. The second-order valence-electron chi connectivity index (χ2n) is 6.50. The van der Waals surface area contributed by atoms with Gasteiger partial charge in [-0.05, 0) is 36.6 Å². The molecule has 0 radical (unpaired) electrons. The lowest BCUT2D eigenvalue weighted by molar-refractivity contribution is -0.129. The van der Waals surface area contributed by atoms with Crippen LogP contribution in [-0.2, 0) is 11.3 Å². The third-order valence-electron chi connectivity index (χ3n) is 4.40. The number of imidazole rings is 1. The van der Waals surface area contributed by atoms with Gasteiger partial charge in [-0.3, -0.25) is 10.0 Å². The van der Waals surface area contributed by atoms with Crippen LogP contribution in [0.2, 0.25) is 5.28 Å². The summed E-state index contributed by atoms with van der Waals surface area (Å²) in [6.45, 7) is 0.783. The van der Waals surface area contributed by atoms with Crippen LogP contribution in [-0.4, -0.2) is 30.6 Å². The number of aromatic nitrogens is 4. The molecule has 0 saturated carbocycles. The van der Waals surface area contributed by atoms with Gasteiger partial charge >= 0.3 is 0 Å². The van der Waals surface area contributed by atoms with Gasteiger partial charge in [0, 0.05) is 18.7 Å². The summed E-state index contributed by atoms with van der Waals surface area (Å²) in [5.74, 6) is 0.253. The summed E-state index contributed by atoms with van der Waals surface area (Å²) in [6, 6.07) is 9.73. The third-order valence-corrected chi connectivity index (χ3v) is 4.57. The van der Waals surface area contributed by atoms with E-state index in [9.17, 15) is 4.79 Å². The van der Waals surface area contributed by atoms with E-state index < -0.39 is 0 Å². The van der Waals surface area contributed by atoms with Gasteiger partial charge in [-0.2, -0.15) is 9.97 Å². The topological polar surface area (TPSA) is 105 Å². The molecule has 0 bridgehead atoms. The van der Waals surface area contributed by atoms with Crippen LogP contribution in [0.15, 0.2) is 36.7 Å². The Hall–Kier alpha value is -2.71. The molecule has 9 heteroatoms. The third kappa shape index (κ3) is 5.40. The smallest absolute Gasteiger partial charge is 0.243 e. The maximum Gasteiger partial charge on any atom is 0.243 e. The fraction of sp³-hybridized carbons (Fsp3) is 0.368. The number of nitrogens with one attached hydrogen (secondary N) is 2. The fourth-order valence-corrected chi connectivity index (χ4v) is 3.15. The van der Waals surface area contributed by atoms with Gasteiger partial charge in [-0.25, -0.2) is 10.5 Å². The van der Waals surface area contributed by atoms with Crippen LogP contribution in [0.3, 0.4) is 0 Å². The summed E-state index contributed by atoms with van der Waals surface area (Å²) in [7, 11) is 0. The Balaban J connectivity index is 1.57. The zero-order valence-electron chi connectivity index (χ0n) is 15.4. The molecule has 0 saturated heterocycles. The van der Waals surface area contributed by atoms with E-state index >= 15 is 0 Å². The molecule has 2 aromatic heterocycles. The van der Waals surface area contributed by atoms with Gasteiger partial charge in [0.15, 0.2) is 17.0 Å². The quantitative estimate of drug-likeness (QED) is 0.204. The first-order chi connectivity index (χ1) is 13.7. The average Bonchev–Trinajstić information content (AvgIpc) is 3.10. The molecule has 3 N–H and O–H groups in total. The van der Waals surface area contributed by atoms with Crippen LogP contribution in [0.1, 0.15) is 38.5 Å². The molecule has 8 nitrogen and oxygen atoms in total. The maximum atomic E-state index is 11.0. The number of rotatable bonds is 10. The number of fused-ring (bicyclic) bond motifs is 1. The molecule has 3 aromatic rings. The largest absolute Gasteiger partial charge is 0.338 e. The number of benzene rings is 1. The fourth-order valence-electron chi connectivity index (χ4n) is 2.98. The van der Waals surface area contributed by atoms with Crippen molar-refractivity contribution < 1.29 is 10.0 Å². The normalized spacial score (nSPS) is 10.9. The van der Waals surface area contributed by atoms with E-state index in [1.807, 2.05) is 34.9 Å². The highest BCUT2D eigenvalue weighted by molar-refractivity contribution is 6.28. The van der Waals surface area contributed by atoms with Gasteiger partial charge in [0.1, 0.15) is 0 Å². The maximum absolute atomic E-state index is 11.0. The van der Waals surface area contributed by atoms with Crippen molar-refractivity contribution in [2.45, 2.75) is 45.1 Å². The molecule has 1 amide bonds. The van der Waals surface area contributed by atoms with Crippen molar-refractivity contribution in [1.29, 1.82) is 0 Å². The number of anilines is 2. The Bertz CT molecular complexity index is 915. The SMILES string of the molecule is O=C(CCCCCCCn1cnc2c(Nc3ccccc3)nc(Cl)nc21)NO. The minimum Gasteiger partial charge on any atom is -0.338 e. The molecule has 0 unspecified atom stereocenters. The predicted molar refractivity (Wildman–Crippen MR) is 108 cm³/mol. The molecule has 0 aliphatic heterocycles. The molecule has 0 aliphatic rings. The van der Waals surface area contributed by atoms with Crippen molar-refractivity contribution in [3.05, 3.63) is 41.9 Å². The van der Waals surface area contributed by atoms with Gasteiger partial charge in [0.25, 0.3) is 0 Å². The molecule has 0 spiro atoms. The number of nitrogens with zero attached hydrogens (tertiary/aromatic N) is 4. The lowest BCUT2D eigenvalue weighted by Crippen LogP contribution is -2.17. The van der Waals surface area contributed by atoms with Crippen molar-refractivity contribution in [3.63, 3.8) is 0 Å². The zero-order valence-corrected chi connectivity index (χ0v) is 16.2. The lowest BCUT2D eigenvalue weighted by Gasteiger charge is -2.08. The van der Waals surface area contributed by atoms with Crippen LogP contribution < -0.4 is 10.8 Å². The first kappa shape index (κ1) is 20.0. The van der Waals surface area contributed by atoms with E-state index in [2.05, 4.69) is 20.3 Å². The molecule has 0 fully saturated rings. The van der Waals surface area contributed by atoms with E-state index in [0.29, 0.717) is 23.4 Å². The first-order valence-corrected chi connectivity index (χ1v) is 9.68. The standard InChI is InChI=1S/C19H23ClN6O2/c20-19-23-17(22-14-9-5-4-6-10-14)16-18(24-19)26(13-21-16)12-8-3-1-2-7-11-15(27)25-28/h4-6,9-10,13,28H,1-3,7-8,11-12H2,(H,25,27)(H,22,23,24). The van der Waals surface area contributed by atoms with Gasteiger partial charge in [0.2, 0.25) is 11.2 Å². The average molecular weight is 403 g/mol. The second-order valence-corrected chi connectivity index (χ2v) is 6.83. The van der Waals surface area contributed by atoms with Crippen molar-refractivity contribution >= 4 is 40.2 Å². The molecule has 3 rings (SSSR count). The van der Waals surface area contributed by atoms with Crippen LogP contribution in [0.4, 0.5) is 11.5 Å². The Morgan fingerprint density at radius 3 is 2.61 bits per heavy atom. The van der Waals surface area contributed by atoms with E-state index in [4.69, 9.17) is 16.8 Å². The van der Waals surface area contributed by atoms with Crippen molar-refractivity contribution in [3.8, 4) is 0 Å². The minimum atomic E-state index is -0.332. The Kier molecular flexibility index (Phi) is 7.16. The molecular weight excluding hydrogens is 380 g/mol. The summed E-state index contributed by atoms with van der Waals surface area (Å²) >= 11 is 6.12. The lowest BCUT2D eigenvalue weighted by atomic mass is 10.1. The molecular formula is C19H23ClN6O2. The molecule has 148 valence electrons. The summed E-state index contributed by atoms with van der Waals surface area (Å²) in [5.41, 5.74) is 3.95. The van der Waals surface area contributed by atoms with Crippen LogP contribution in [0.25, 0.3) is 11.2 Å². The highest BCUT2D eigenvalue weighted by Gasteiger charge is 2.12. The summed E-state index contributed by atoms with van der Waals surface area (Å²) in [5, 5.41) is 11.9. The van der Waals surface area contributed by atoms with Crippen LogP contribution >= 0.6 is 11.6 Å². The number of hydrogen-bond acceptors (Lipinski definition) is 6. The number of unbranched alkanes of at least 4 members (excludes halogenated alkanes) is 4. The van der Waals surface area contributed by atoms with Gasteiger partial charge < -0.3 is 9.88 Å². The van der Waals surface area contributed by atoms with E-state index in [1.54, 1.807) is 11.8 Å². The van der Waals surface area contributed by atoms with Crippen molar-refractivity contribution in [2.75, 3.05) is 5.32 Å². The number of halogens is 1. The number of amides is 1. The number of aryl methyl sites for hydroxylation is 1. The first-order valence-electron chi connectivity index (χ1n) is 9.31. The highest BCUT2D eigenvalue weighted by atomic mass is 35.5. The van der Waals surface area contributed by atoms with Crippen molar-refractivity contribution in [1.82, 2.24) is 25.0 Å². The van der Waals surface area contributed by atoms with Crippen molar-refractivity contribution in [2.24, 2.45) is 0 Å². The van der Waals surface area contributed by atoms with Gasteiger partial charge in [-0.1, -0.05) is 37.5 Å². The van der Waals surface area contributed by atoms with E-state index in [0.717, 1.165) is 44.3 Å². The summed E-state index contributed by atoms with van der Waals surface area (Å²) in [6.07, 6.45) is 6.89. The Labute approximate surface area is 167 Å². The molecule has 2 heterocycles. The number of hydrogen-bond donors (Lipinski definition) is 3. The van der Waals surface area contributed by atoms with Crippen LogP contribution in [0, 0.1) is 0 Å². The predicted octanol–water partition coefficient (Wildman–Crippen LogP) is 4.07. The highest BCUT2D eigenvalue weighted by Crippen LogP contribution is 2.24. The molecule has 28 heavy (non-hydrogen) atoms. The number of para-hydroxylation sites is 1. The Morgan fingerprint density at radius 1 is 1.07 bits per heavy atom. The Morgan fingerprint density at radius 2 is 1.82 bits per heavy atom. The second kappa shape index (κ2) is 10.0. The van der Waals surface area contributed by atoms with Crippen LogP contribution in [0.5, 0.6) is 0 Å². The molecule has 1 aromatic carbocycles. The zero-order chi connectivity index (χ0) is 19.8. The number of carbonyl (C=O) groups excluding carboxylic acids is 1. The van der Waals surface area contributed by atoms with E-state index in [1.165, 1.54) is 0 Å². The monoisotopic (exact) mass is 402 g/mol. The van der Waals surface area contributed by atoms with Gasteiger partial charge in [-0.15, -0.1) is 0 Å². The summed E-state index contributed by atoms with van der Waals surface area (Å²) < 4.78 is 1.98. The molecule has 0 atom stereocenters. The summed E-state index contributed by atoms with van der Waals surface area (Å²) in [4.78, 5) is 24.0. The van der Waals surface area contributed by atoms with Gasteiger partial charge in [0.05, 0.1) is 6.33 Å². The van der Waals surface area contributed by atoms with E-state index in [-0.39, 0.29) is 11.2 Å². The molecule has 0 aliphatic carbocycles. The number of carbonyl (C=O) groups is 1. The number of hydroxylamine groups is 1.